The lowest BCUT2D eigenvalue weighted by Crippen LogP contribution is -2.56. The van der Waals surface area contributed by atoms with Gasteiger partial charge in [-0.25, -0.2) is 4.79 Å². The number of nitrogens with zero attached hydrogens (tertiary/aromatic N) is 2. The number of hydrogen-bond donors (Lipinski definition) is 2. The molecule has 0 unspecified atom stereocenters. The normalized spacial score (nSPS) is 35.8. The number of ether oxygens (including phenoxy) is 1. The van der Waals surface area contributed by atoms with Gasteiger partial charge in [-0.05, 0) is 37.9 Å². The Balaban J connectivity index is 1.85. The summed E-state index contributed by atoms with van der Waals surface area (Å²) in [6.45, 7) is 0. The Kier molecular flexibility index (Phi) is 2.96. The lowest BCUT2D eigenvalue weighted by atomic mass is 10.1. The van der Waals surface area contributed by atoms with Gasteiger partial charge in [0, 0.05) is 20.6 Å². The summed E-state index contributed by atoms with van der Waals surface area (Å²) in [4.78, 5) is 26.0. The molecule has 3 aliphatic rings. The summed E-state index contributed by atoms with van der Waals surface area (Å²) in [6.07, 6.45) is 0.598. The summed E-state index contributed by atoms with van der Waals surface area (Å²) >= 11 is 7.00. The predicted molar refractivity (Wildman–Crippen MR) is 84.6 cm³/mol. The quantitative estimate of drug-likeness (QED) is 0.703. The zero-order valence-electron chi connectivity index (χ0n) is 11.9. The number of likely N-dealkylation sites (N-methyl/N-ethyl adjacent to an activating group) is 1. The molecule has 1 saturated carbocycles. The van der Waals surface area contributed by atoms with Gasteiger partial charge in [0.05, 0.1) is 21.2 Å². The number of carbonyl (C=O) groups is 2. The van der Waals surface area contributed by atoms with Crippen molar-refractivity contribution in [3.63, 3.8) is 0 Å². The summed E-state index contributed by atoms with van der Waals surface area (Å²) in [7, 11) is 3.32. The molecule has 0 bridgehead atoms. The molecule has 2 N–H and O–H groups in total. The SMILES string of the molecule is CO[C@@]12C[C@@H]3[C@@H](NC(=O)c4cc(Br)c(Br)n43)[C@@H]1NC(=O)N2C. The molecule has 2 aliphatic heterocycles. The average Bonchev–Trinajstić information content (AvgIpc) is 3.04. The van der Waals surface area contributed by atoms with E-state index < -0.39 is 5.72 Å². The number of rotatable bonds is 1. The van der Waals surface area contributed by atoms with Gasteiger partial charge in [-0.1, -0.05) is 0 Å². The number of aromatic nitrogens is 1. The maximum Gasteiger partial charge on any atom is 0.319 e. The van der Waals surface area contributed by atoms with Crippen molar-refractivity contribution in [3.05, 3.63) is 20.8 Å². The van der Waals surface area contributed by atoms with Crippen molar-refractivity contribution in [1.82, 2.24) is 20.1 Å². The molecule has 9 heteroatoms. The molecular weight excluding hydrogens is 420 g/mol. The summed E-state index contributed by atoms with van der Waals surface area (Å²) in [5.74, 6) is -0.150. The van der Waals surface area contributed by atoms with Crippen LogP contribution in [0.2, 0.25) is 0 Å². The van der Waals surface area contributed by atoms with E-state index in [2.05, 4.69) is 42.5 Å². The van der Waals surface area contributed by atoms with Crippen LogP contribution in [0.3, 0.4) is 0 Å². The lowest BCUT2D eigenvalue weighted by molar-refractivity contribution is -0.0913. The average molecular weight is 434 g/mol. The van der Waals surface area contributed by atoms with Crippen LogP contribution in [0.25, 0.3) is 0 Å². The van der Waals surface area contributed by atoms with E-state index in [0.717, 1.165) is 9.08 Å². The van der Waals surface area contributed by atoms with Crippen LogP contribution in [0.1, 0.15) is 23.0 Å². The number of fused-ring (bicyclic) bond motifs is 5. The van der Waals surface area contributed by atoms with Crippen molar-refractivity contribution >= 4 is 43.8 Å². The fraction of sp³-hybridized carbons (Fsp3) is 0.538. The van der Waals surface area contributed by atoms with Crippen molar-refractivity contribution in [2.75, 3.05) is 14.2 Å². The van der Waals surface area contributed by atoms with E-state index in [-0.39, 0.29) is 30.1 Å². The van der Waals surface area contributed by atoms with E-state index in [1.54, 1.807) is 25.1 Å². The second-order valence-corrected chi connectivity index (χ2v) is 7.45. The van der Waals surface area contributed by atoms with Gasteiger partial charge < -0.3 is 19.9 Å². The maximum absolute atomic E-state index is 12.4. The van der Waals surface area contributed by atoms with E-state index in [9.17, 15) is 9.59 Å². The maximum atomic E-state index is 12.4. The van der Waals surface area contributed by atoms with Gasteiger partial charge in [0.2, 0.25) is 0 Å². The van der Waals surface area contributed by atoms with Crippen molar-refractivity contribution in [2.45, 2.75) is 30.3 Å². The van der Waals surface area contributed by atoms with E-state index >= 15 is 0 Å². The van der Waals surface area contributed by atoms with E-state index in [4.69, 9.17) is 4.74 Å². The van der Waals surface area contributed by atoms with Crippen LogP contribution in [0.5, 0.6) is 0 Å². The molecule has 1 aliphatic carbocycles. The number of amides is 3. The van der Waals surface area contributed by atoms with Crippen LogP contribution in [0.15, 0.2) is 15.1 Å². The second kappa shape index (κ2) is 4.48. The number of methoxy groups -OCH3 is 1. The number of halogens is 2. The van der Waals surface area contributed by atoms with E-state index in [1.165, 1.54) is 0 Å². The standard InChI is InChI=1S/C13H14Br2N4O3/c1-18-12(21)17-9-8-7(4-13(9,18)22-2)19-6(11(20)16-8)3-5(14)10(19)15/h3,7-9H,4H2,1-2H3,(H,16,20)(H,17,21)/t7-,8-,9+,13+/m1/s1. The molecule has 3 amide bonds. The minimum absolute atomic E-state index is 0.00127. The molecule has 1 aromatic rings. The molecular formula is C13H14Br2N4O3. The zero-order chi connectivity index (χ0) is 15.8. The van der Waals surface area contributed by atoms with Gasteiger partial charge >= 0.3 is 6.03 Å². The number of hydrogen-bond acceptors (Lipinski definition) is 3. The monoisotopic (exact) mass is 432 g/mol. The van der Waals surface area contributed by atoms with Gasteiger partial charge in [-0.15, -0.1) is 0 Å². The molecule has 22 heavy (non-hydrogen) atoms. The van der Waals surface area contributed by atoms with Gasteiger partial charge in [-0.2, -0.15) is 0 Å². The number of carbonyl (C=O) groups excluding carboxylic acids is 2. The Bertz CT molecular complexity index is 706. The van der Waals surface area contributed by atoms with Crippen LogP contribution in [-0.2, 0) is 4.74 Å². The molecule has 4 rings (SSSR count). The summed E-state index contributed by atoms with van der Waals surface area (Å²) in [5.41, 5.74) is -0.155. The van der Waals surface area contributed by atoms with Crippen LogP contribution in [0, 0.1) is 0 Å². The topological polar surface area (TPSA) is 75.6 Å². The minimum atomic E-state index is -0.752. The zero-order valence-corrected chi connectivity index (χ0v) is 15.1. The Labute approximate surface area is 143 Å². The highest BCUT2D eigenvalue weighted by atomic mass is 79.9. The highest BCUT2D eigenvalue weighted by Gasteiger charge is 2.64. The molecule has 0 spiro atoms. The Hall–Kier alpha value is -1.06. The van der Waals surface area contributed by atoms with Gasteiger partial charge in [-0.3, -0.25) is 9.69 Å². The largest absolute Gasteiger partial charge is 0.356 e. The first-order valence-electron chi connectivity index (χ1n) is 6.87. The highest BCUT2D eigenvalue weighted by molar-refractivity contribution is 9.13. The van der Waals surface area contributed by atoms with Gasteiger partial charge in [0.25, 0.3) is 5.91 Å². The van der Waals surface area contributed by atoms with Crippen LogP contribution < -0.4 is 10.6 Å². The Morgan fingerprint density at radius 1 is 1.36 bits per heavy atom. The van der Waals surface area contributed by atoms with Crippen molar-refractivity contribution in [3.8, 4) is 0 Å². The lowest BCUT2D eigenvalue weighted by Gasteiger charge is -2.33. The third-order valence-electron chi connectivity index (χ3n) is 5.06. The Morgan fingerprint density at radius 2 is 2.09 bits per heavy atom. The summed E-state index contributed by atoms with van der Waals surface area (Å²) in [5, 5.41) is 5.96. The molecule has 4 atom stereocenters. The van der Waals surface area contributed by atoms with Crippen molar-refractivity contribution < 1.29 is 14.3 Å². The first-order valence-corrected chi connectivity index (χ1v) is 8.46. The van der Waals surface area contributed by atoms with Crippen LogP contribution in [-0.4, -0.2) is 53.4 Å². The first-order chi connectivity index (χ1) is 10.4. The fourth-order valence-electron chi connectivity index (χ4n) is 3.98. The third kappa shape index (κ3) is 1.54. The smallest absolute Gasteiger partial charge is 0.319 e. The minimum Gasteiger partial charge on any atom is -0.356 e. The summed E-state index contributed by atoms with van der Waals surface area (Å²) in [6, 6.07) is 1.11. The third-order valence-corrected chi connectivity index (χ3v) is 7.01. The van der Waals surface area contributed by atoms with Crippen molar-refractivity contribution in [1.29, 1.82) is 0 Å². The van der Waals surface area contributed by atoms with Gasteiger partial charge in [0.15, 0.2) is 5.72 Å². The van der Waals surface area contributed by atoms with Crippen molar-refractivity contribution in [2.24, 2.45) is 0 Å². The molecule has 0 radical (unpaired) electrons. The molecule has 0 aromatic carbocycles. The Morgan fingerprint density at radius 3 is 2.77 bits per heavy atom. The highest BCUT2D eigenvalue weighted by Crippen LogP contribution is 2.49. The number of nitrogens with one attached hydrogen (secondary N) is 2. The van der Waals surface area contributed by atoms with Crippen LogP contribution in [0.4, 0.5) is 4.79 Å². The summed E-state index contributed by atoms with van der Waals surface area (Å²) < 4.78 is 9.38. The first kappa shape index (κ1) is 14.5. The van der Waals surface area contributed by atoms with E-state index in [0.29, 0.717) is 12.1 Å². The molecule has 1 saturated heterocycles. The number of urea groups is 1. The fourth-order valence-corrected chi connectivity index (χ4v) is 4.96. The molecule has 7 nitrogen and oxygen atoms in total. The van der Waals surface area contributed by atoms with E-state index in [1.807, 2.05) is 4.57 Å². The molecule has 2 fully saturated rings. The second-order valence-electron chi connectivity index (χ2n) is 5.84. The predicted octanol–water partition coefficient (Wildman–Crippen LogP) is 1.44. The molecule has 118 valence electrons. The van der Waals surface area contributed by atoms with Crippen LogP contribution >= 0.6 is 31.9 Å². The molecule has 3 heterocycles. The molecule has 1 aromatic heterocycles. The van der Waals surface area contributed by atoms with Gasteiger partial charge in [0.1, 0.15) is 11.7 Å².